The molecule has 0 aliphatic rings. The third-order valence-electron chi connectivity index (χ3n) is 0. The van der Waals surface area contributed by atoms with Crippen molar-refractivity contribution in [3.05, 3.63) is 0 Å². The molecule has 4 radical (unpaired) electrons. The molecule has 0 aromatic rings. The molecule has 0 fully saturated rings. The topological polar surface area (TPSA) is 0 Å². The van der Waals surface area contributed by atoms with Gasteiger partial charge in [0.05, 0.1) is 7.57 Å². The fraction of sp³-hybridized carbons (Fsp3) is 0. The van der Waals surface area contributed by atoms with E-state index >= 15 is 0 Å². The van der Waals surface area contributed by atoms with Crippen LogP contribution in [0.4, 0.5) is 0 Å². The van der Waals surface area contributed by atoms with E-state index in [1.54, 1.807) is 0 Å². The Labute approximate surface area is 68.5 Å². The second-order valence-electron chi connectivity index (χ2n) is 0. The Morgan fingerprint density at radius 3 is 1.25 bits per heavy atom. The SMILES string of the molecule is [B]P.[Cu].[La]. The maximum atomic E-state index is 4.42. The summed E-state index contributed by atoms with van der Waals surface area (Å²) in [6.45, 7) is 0. The van der Waals surface area contributed by atoms with Crippen LogP contribution in [0.15, 0.2) is 0 Å². The molecule has 0 nitrogen and oxygen atoms in total. The molecule has 0 amide bonds. The Morgan fingerprint density at radius 1 is 1.25 bits per heavy atom. The van der Waals surface area contributed by atoms with Crippen LogP contribution < -0.4 is 0 Å². The summed E-state index contributed by atoms with van der Waals surface area (Å²) in [5.74, 6) is 0. The van der Waals surface area contributed by atoms with Gasteiger partial charge in [-0.1, -0.05) is 0 Å². The predicted molar refractivity (Wildman–Crippen MR) is 15.5 cm³/mol. The van der Waals surface area contributed by atoms with E-state index in [9.17, 15) is 0 Å². The Kier molecular flexibility index (Phi) is 77.3. The summed E-state index contributed by atoms with van der Waals surface area (Å²) in [4.78, 5) is 0. The Morgan fingerprint density at radius 2 is 1.25 bits per heavy atom. The van der Waals surface area contributed by atoms with Crippen molar-refractivity contribution in [3.8, 4) is 0 Å². The molecule has 1 atom stereocenters. The van der Waals surface area contributed by atoms with Gasteiger partial charge in [0, 0.05) is 52.7 Å². The van der Waals surface area contributed by atoms with Gasteiger partial charge >= 0.3 is 0 Å². The van der Waals surface area contributed by atoms with Crippen LogP contribution in [-0.2, 0) is 17.1 Å². The zero-order valence-corrected chi connectivity index (χ0v) is 7.76. The Bertz CT molecular complexity index is 8.00. The smallest absolute Gasteiger partial charge is 0.0996 e. The molecule has 0 aromatic heterocycles. The molecule has 0 bridgehead atoms. The molecule has 0 aliphatic heterocycles. The third kappa shape index (κ3) is 8.88. The summed E-state index contributed by atoms with van der Waals surface area (Å²) in [5.41, 5.74) is 0. The summed E-state index contributed by atoms with van der Waals surface area (Å²) in [6.07, 6.45) is 0. The van der Waals surface area contributed by atoms with E-state index in [1.165, 1.54) is 0 Å². The maximum absolute atomic E-state index is 4.42. The first-order chi connectivity index (χ1) is 1.00. The van der Waals surface area contributed by atoms with Crippen LogP contribution >= 0.6 is 9.12 Å². The van der Waals surface area contributed by atoms with Crippen LogP contribution in [0.1, 0.15) is 0 Å². The number of hydrogen-bond donors (Lipinski definition) is 0. The van der Waals surface area contributed by atoms with Crippen LogP contribution in [0.3, 0.4) is 0 Å². The van der Waals surface area contributed by atoms with Gasteiger partial charge in [-0.2, -0.15) is 9.12 Å². The first kappa shape index (κ1) is 16.4. The molecular formula is H2BCuLaP. The van der Waals surface area contributed by atoms with Crippen LogP contribution in [0.2, 0.25) is 0 Å². The zero-order valence-electron chi connectivity index (χ0n) is 2.03. The van der Waals surface area contributed by atoms with Gasteiger partial charge in [0.1, 0.15) is 0 Å². The normalized spacial score (nSPS) is 1.25. The molecule has 0 heterocycles. The molecule has 0 aromatic carbocycles. The monoisotopic (exact) mass is 246 g/mol. The second kappa shape index (κ2) is 18.9. The molecule has 0 saturated carbocycles. The van der Waals surface area contributed by atoms with Crippen molar-refractivity contribution in [2.75, 3.05) is 0 Å². The van der Waals surface area contributed by atoms with E-state index in [-0.39, 0.29) is 52.7 Å². The largest absolute Gasteiger partial charge is 0.187 e. The third-order valence-corrected chi connectivity index (χ3v) is 0. The van der Waals surface area contributed by atoms with E-state index in [1.807, 2.05) is 9.12 Å². The Hall–Kier alpha value is 2.21. The van der Waals surface area contributed by atoms with Gasteiger partial charge in [0.25, 0.3) is 0 Å². The fourth-order valence-corrected chi connectivity index (χ4v) is 0. The molecule has 24 valence electrons. The average molecular weight is 246 g/mol. The minimum absolute atomic E-state index is 0. The van der Waals surface area contributed by atoms with Crippen LogP contribution in [0, 0.1) is 35.6 Å². The van der Waals surface area contributed by atoms with Gasteiger partial charge in [-0.05, 0) is 0 Å². The Balaban J connectivity index is -0.00000000500. The van der Waals surface area contributed by atoms with Gasteiger partial charge in [-0.15, -0.1) is 0 Å². The summed E-state index contributed by atoms with van der Waals surface area (Å²) >= 11 is 0. The molecular weight excluding hydrogens is 244 g/mol. The van der Waals surface area contributed by atoms with Crippen LogP contribution in [0.25, 0.3) is 0 Å². The minimum Gasteiger partial charge on any atom is -0.187 e. The molecule has 0 spiro atoms. The summed E-state index contributed by atoms with van der Waals surface area (Å²) < 4.78 is 0. The molecule has 0 rings (SSSR count). The van der Waals surface area contributed by atoms with Gasteiger partial charge in [0.15, 0.2) is 0 Å². The molecule has 0 aliphatic carbocycles. The maximum Gasteiger partial charge on any atom is 0.0996 e. The van der Waals surface area contributed by atoms with Crippen LogP contribution in [0.5, 0.6) is 0 Å². The van der Waals surface area contributed by atoms with Crippen molar-refractivity contribution in [1.29, 1.82) is 0 Å². The van der Waals surface area contributed by atoms with Crippen molar-refractivity contribution in [3.63, 3.8) is 0 Å². The molecule has 0 N–H and O–H groups in total. The van der Waals surface area contributed by atoms with Crippen LogP contribution in [-0.4, -0.2) is 7.57 Å². The van der Waals surface area contributed by atoms with Crippen molar-refractivity contribution in [1.82, 2.24) is 0 Å². The van der Waals surface area contributed by atoms with Gasteiger partial charge in [-0.25, -0.2) is 0 Å². The molecule has 4 heavy (non-hydrogen) atoms. The van der Waals surface area contributed by atoms with E-state index in [4.69, 9.17) is 0 Å². The molecule has 1 unspecified atom stereocenters. The van der Waals surface area contributed by atoms with Gasteiger partial charge in [0.2, 0.25) is 0 Å². The standard InChI is InChI=1S/BH2P.Cu.La/c1-2;;/h2H2;;. The second-order valence-corrected chi connectivity index (χ2v) is 0. The molecule has 0 saturated heterocycles. The first-order valence-corrected chi connectivity index (χ1v) is 1.00. The van der Waals surface area contributed by atoms with Crippen molar-refractivity contribution in [2.45, 2.75) is 0 Å². The first-order valence-electron chi connectivity index (χ1n) is 0.333. The van der Waals surface area contributed by atoms with E-state index in [2.05, 4.69) is 7.57 Å². The van der Waals surface area contributed by atoms with Gasteiger partial charge in [-0.3, -0.25) is 0 Å². The van der Waals surface area contributed by atoms with E-state index in [0.717, 1.165) is 0 Å². The number of hydrogen-bond acceptors (Lipinski definition) is 0. The van der Waals surface area contributed by atoms with E-state index < -0.39 is 0 Å². The number of rotatable bonds is 0. The fourth-order valence-electron chi connectivity index (χ4n) is 0. The average Bonchev–Trinajstić information content (AvgIpc) is 1.00. The van der Waals surface area contributed by atoms with Crippen molar-refractivity contribution in [2.24, 2.45) is 0 Å². The van der Waals surface area contributed by atoms with E-state index in [0.29, 0.717) is 0 Å². The minimum atomic E-state index is 0. The predicted octanol–water partition coefficient (Wildman–Crippen LogP) is -0.0575. The zero-order chi connectivity index (χ0) is 2.00. The summed E-state index contributed by atoms with van der Waals surface area (Å²) in [6, 6.07) is 0. The van der Waals surface area contributed by atoms with Crippen molar-refractivity contribution >= 4 is 16.7 Å². The van der Waals surface area contributed by atoms with Gasteiger partial charge < -0.3 is 0 Å². The quantitative estimate of drug-likeness (QED) is 0.415. The summed E-state index contributed by atoms with van der Waals surface area (Å²) in [5, 5.41) is 0. The molecule has 4 heteroatoms. The van der Waals surface area contributed by atoms with Crippen molar-refractivity contribution < 1.29 is 52.7 Å². The summed E-state index contributed by atoms with van der Waals surface area (Å²) in [7, 11) is 6.33.